The van der Waals surface area contributed by atoms with Crippen molar-refractivity contribution in [3.8, 4) is 17.6 Å². The van der Waals surface area contributed by atoms with E-state index in [0.29, 0.717) is 0 Å². The van der Waals surface area contributed by atoms with Gasteiger partial charge in [0.05, 0.1) is 12.9 Å². The van der Waals surface area contributed by atoms with Crippen molar-refractivity contribution in [2.45, 2.75) is 0 Å². The van der Waals surface area contributed by atoms with Crippen molar-refractivity contribution in [1.82, 2.24) is 0 Å². The molecule has 0 aliphatic heterocycles. The Bertz CT molecular complexity index is 808. The largest absolute Gasteiger partial charge is 0.497 e. The molecule has 0 N–H and O–H groups in total. The zero-order valence-electron chi connectivity index (χ0n) is 12.9. The Morgan fingerprint density at radius 3 is 2.39 bits per heavy atom. The summed E-state index contributed by atoms with van der Waals surface area (Å²) in [7, 11) is -1.63. The molecule has 2 aromatic carbocycles. The van der Waals surface area contributed by atoms with Gasteiger partial charge in [-0.2, -0.15) is 0 Å². The highest BCUT2D eigenvalue weighted by atomic mass is 32.2. The van der Waals surface area contributed by atoms with Gasteiger partial charge in [0.1, 0.15) is 11.5 Å². The van der Waals surface area contributed by atoms with Crippen LogP contribution in [0.2, 0.25) is 0 Å². The minimum absolute atomic E-state index is 0.0147. The van der Waals surface area contributed by atoms with Crippen LogP contribution in [0.4, 0.5) is 0 Å². The van der Waals surface area contributed by atoms with E-state index in [0.717, 1.165) is 16.9 Å². The molecule has 2 aromatic rings. The fraction of sp³-hybridized carbons (Fsp3) is 0.158. The summed E-state index contributed by atoms with van der Waals surface area (Å²) in [5, 5.41) is 0. The maximum Gasteiger partial charge on any atom is 0.165 e. The molecule has 0 saturated carbocycles. The molecule has 0 aromatic heterocycles. The van der Waals surface area contributed by atoms with E-state index >= 15 is 0 Å². The Balaban J connectivity index is 1.91. The molecule has 0 heterocycles. The van der Waals surface area contributed by atoms with Gasteiger partial charge in [0, 0.05) is 5.56 Å². The molecule has 0 saturated heterocycles. The first kappa shape index (κ1) is 16.9. The van der Waals surface area contributed by atoms with Crippen molar-refractivity contribution < 1.29 is 13.2 Å². The van der Waals surface area contributed by atoms with Crippen LogP contribution in [0.25, 0.3) is 6.08 Å². The minimum Gasteiger partial charge on any atom is -0.497 e. The molecular weight excluding hydrogens is 308 g/mol. The maximum atomic E-state index is 11.9. The van der Waals surface area contributed by atoms with Crippen molar-refractivity contribution in [3.05, 3.63) is 71.8 Å². The lowest BCUT2D eigenvalue weighted by Crippen LogP contribution is -2.07. The summed E-state index contributed by atoms with van der Waals surface area (Å²) in [6, 6.07) is 16.8. The van der Waals surface area contributed by atoms with Crippen molar-refractivity contribution in [1.29, 1.82) is 0 Å². The minimum atomic E-state index is -3.22. The molecule has 0 spiro atoms. The van der Waals surface area contributed by atoms with E-state index in [4.69, 9.17) is 4.74 Å². The first-order valence-electron chi connectivity index (χ1n) is 7.14. The first-order valence-corrected chi connectivity index (χ1v) is 8.96. The molecule has 0 aliphatic carbocycles. The van der Waals surface area contributed by atoms with Crippen LogP contribution in [-0.4, -0.2) is 27.0 Å². The molecule has 2 rings (SSSR count). The number of benzene rings is 2. The van der Waals surface area contributed by atoms with Crippen molar-refractivity contribution in [3.63, 3.8) is 0 Å². The van der Waals surface area contributed by atoms with Crippen LogP contribution in [0.5, 0.6) is 5.75 Å². The Morgan fingerprint density at radius 2 is 1.74 bits per heavy atom. The van der Waals surface area contributed by atoms with Crippen LogP contribution >= 0.6 is 0 Å². The topological polar surface area (TPSA) is 43.4 Å². The van der Waals surface area contributed by atoms with Gasteiger partial charge in [-0.3, -0.25) is 0 Å². The van der Waals surface area contributed by atoms with E-state index < -0.39 is 9.84 Å². The lowest BCUT2D eigenvalue weighted by molar-refractivity contribution is 0.415. The summed E-state index contributed by atoms with van der Waals surface area (Å²) in [6.07, 6.45) is 3.45. The standard InChI is InChI=1S/C19H18O3S/c1-22-19-13-11-18(12-14-19)10-6-16-23(20,21)15-5-9-17-7-3-2-4-8-17/h2-5,7-9,11-14H,15-16H2,1H3/b9-5+. The Morgan fingerprint density at radius 1 is 1.04 bits per heavy atom. The monoisotopic (exact) mass is 326 g/mol. The van der Waals surface area contributed by atoms with Crippen LogP contribution in [0, 0.1) is 11.8 Å². The van der Waals surface area contributed by atoms with Crippen molar-refractivity contribution in [2.75, 3.05) is 18.6 Å². The summed E-state index contributed by atoms with van der Waals surface area (Å²) in [6.45, 7) is 0. The fourth-order valence-electron chi connectivity index (χ4n) is 1.88. The average molecular weight is 326 g/mol. The third-order valence-electron chi connectivity index (χ3n) is 3.07. The van der Waals surface area contributed by atoms with Crippen LogP contribution in [0.1, 0.15) is 11.1 Å². The van der Waals surface area contributed by atoms with E-state index in [1.807, 2.05) is 30.3 Å². The second kappa shape index (κ2) is 8.21. The van der Waals surface area contributed by atoms with E-state index in [-0.39, 0.29) is 11.5 Å². The van der Waals surface area contributed by atoms with Gasteiger partial charge < -0.3 is 4.74 Å². The smallest absolute Gasteiger partial charge is 0.165 e. The normalized spacial score (nSPS) is 11.0. The summed E-state index contributed by atoms with van der Waals surface area (Å²) in [5.74, 6) is 6.14. The molecule has 118 valence electrons. The summed E-state index contributed by atoms with van der Waals surface area (Å²) >= 11 is 0. The predicted octanol–water partition coefficient (Wildman–Crippen LogP) is 3.17. The van der Waals surface area contributed by atoms with Crippen LogP contribution in [0.15, 0.2) is 60.7 Å². The van der Waals surface area contributed by atoms with E-state index in [1.54, 1.807) is 43.5 Å². The zero-order valence-corrected chi connectivity index (χ0v) is 13.7. The number of rotatable bonds is 5. The Labute approximate surface area is 137 Å². The average Bonchev–Trinajstić information content (AvgIpc) is 2.56. The summed E-state index contributed by atoms with van der Waals surface area (Å²) < 4.78 is 28.9. The van der Waals surface area contributed by atoms with E-state index in [2.05, 4.69) is 11.8 Å². The van der Waals surface area contributed by atoms with Gasteiger partial charge in [-0.15, -0.1) is 0 Å². The lowest BCUT2D eigenvalue weighted by Gasteiger charge is -1.97. The Kier molecular flexibility index (Phi) is 6.02. The van der Waals surface area contributed by atoms with Gasteiger partial charge in [-0.25, -0.2) is 8.42 Å². The molecule has 23 heavy (non-hydrogen) atoms. The number of ether oxygens (including phenoxy) is 1. The molecular formula is C19H18O3S. The molecule has 0 atom stereocenters. The van der Waals surface area contributed by atoms with E-state index in [1.165, 1.54) is 0 Å². The van der Waals surface area contributed by atoms with Crippen LogP contribution < -0.4 is 4.74 Å². The van der Waals surface area contributed by atoms with Crippen LogP contribution in [0.3, 0.4) is 0 Å². The number of hydrogen-bond acceptors (Lipinski definition) is 3. The third kappa shape index (κ3) is 6.01. The highest BCUT2D eigenvalue weighted by Crippen LogP contribution is 2.10. The summed E-state index contributed by atoms with van der Waals surface area (Å²) in [4.78, 5) is 0. The number of methoxy groups -OCH3 is 1. The van der Waals surface area contributed by atoms with Crippen molar-refractivity contribution in [2.24, 2.45) is 0 Å². The highest BCUT2D eigenvalue weighted by Gasteiger charge is 2.05. The number of sulfone groups is 1. The molecule has 0 fully saturated rings. The van der Waals surface area contributed by atoms with Gasteiger partial charge >= 0.3 is 0 Å². The maximum absolute atomic E-state index is 11.9. The first-order chi connectivity index (χ1) is 11.1. The zero-order chi connectivity index (χ0) is 16.5. The molecule has 4 heteroatoms. The van der Waals surface area contributed by atoms with Crippen molar-refractivity contribution >= 4 is 15.9 Å². The Hall–Kier alpha value is -2.51. The quantitative estimate of drug-likeness (QED) is 0.793. The fourth-order valence-corrected chi connectivity index (χ4v) is 2.68. The van der Waals surface area contributed by atoms with Gasteiger partial charge in [0.2, 0.25) is 0 Å². The highest BCUT2D eigenvalue weighted by molar-refractivity contribution is 7.91. The SMILES string of the molecule is COc1ccc(C#CCS(=O)(=O)C/C=C/c2ccccc2)cc1. The summed E-state index contributed by atoms with van der Waals surface area (Å²) in [5.41, 5.74) is 1.74. The van der Waals surface area contributed by atoms with Gasteiger partial charge in [0.15, 0.2) is 9.84 Å². The van der Waals surface area contributed by atoms with Gasteiger partial charge in [-0.1, -0.05) is 54.3 Å². The molecule has 0 amide bonds. The molecule has 0 aliphatic rings. The molecule has 0 unspecified atom stereocenters. The second-order valence-electron chi connectivity index (χ2n) is 4.90. The molecule has 3 nitrogen and oxygen atoms in total. The van der Waals surface area contributed by atoms with Gasteiger partial charge in [-0.05, 0) is 29.8 Å². The second-order valence-corrected chi connectivity index (χ2v) is 7.01. The van der Waals surface area contributed by atoms with Gasteiger partial charge in [0.25, 0.3) is 0 Å². The van der Waals surface area contributed by atoms with Crippen LogP contribution in [-0.2, 0) is 9.84 Å². The molecule has 0 bridgehead atoms. The van der Waals surface area contributed by atoms with E-state index in [9.17, 15) is 8.42 Å². The molecule has 0 radical (unpaired) electrons. The third-order valence-corrected chi connectivity index (χ3v) is 4.36. The predicted molar refractivity (Wildman–Crippen MR) is 94.0 cm³/mol. The lowest BCUT2D eigenvalue weighted by atomic mass is 10.2. The number of hydrogen-bond donors (Lipinski definition) is 0.